The van der Waals surface area contributed by atoms with Gasteiger partial charge in [-0.15, -0.1) is 0 Å². The van der Waals surface area contributed by atoms with Crippen LogP contribution in [0.5, 0.6) is 0 Å². The van der Waals surface area contributed by atoms with Crippen LogP contribution < -0.4 is 5.73 Å². The van der Waals surface area contributed by atoms with E-state index in [1.165, 1.54) is 0 Å². The van der Waals surface area contributed by atoms with E-state index in [0.29, 0.717) is 19.7 Å². The minimum atomic E-state index is -0.226. The van der Waals surface area contributed by atoms with Crippen molar-refractivity contribution >= 4 is 6.09 Å². The van der Waals surface area contributed by atoms with Crippen LogP contribution in [-0.2, 0) is 11.3 Å². The first-order valence-electron chi connectivity index (χ1n) is 5.44. The van der Waals surface area contributed by atoms with Gasteiger partial charge in [0.25, 0.3) is 0 Å². The zero-order valence-electron chi connectivity index (χ0n) is 9.35. The highest BCUT2D eigenvalue weighted by Crippen LogP contribution is 2.23. The van der Waals surface area contributed by atoms with E-state index in [0.717, 1.165) is 11.1 Å². The highest BCUT2D eigenvalue weighted by Gasteiger charge is 2.27. The van der Waals surface area contributed by atoms with Crippen LogP contribution in [0.3, 0.4) is 0 Å². The highest BCUT2D eigenvalue weighted by atomic mass is 16.6. The summed E-state index contributed by atoms with van der Waals surface area (Å²) in [6.07, 6.45) is -0.226. The number of amides is 1. The normalized spacial score (nSPS) is 17.4. The van der Waals surface area contributed by atoms with Gasteiger partial charge in [-0.2, -0.15) is 0 Å². The van der Waals surface area contributed by atoms with Crippen LogP contribution in [0.1, 0.15) is 24.1 Å². The van der Waals surface area contributed by atoms with Crippen LogP contribution in [0.2, 0.25) is 0 Å². The first-order valence-corrected chi connectivity index (χ1v) is 5.44. The van der Waals surface area contributed by atoms with Crippen molar-refractivity contribution in [1.29, 1.82) is 0 Å². The van der Waals surface area contributed by atoms with E-state index >= 15 is 0 Å². The molecule has 1 amide bonds. The number of hydrogen-bond donors (Lipinski definition) is 1. The van der Waals surface area contributed by atoms with Crippen molar-refractivity contribution in [2.24, 2.45) is 5.73 Å². The Morgan fingerprint density at radius 2 is 2.12 bits per heavy atom. The Balaban J connectivity index is 2.13. The molecule has 1 saturated heterocycles. The number of carbonyl (C=O) groups is 1. The van der Waals surface area contributed by atoms with Crippen molar-refractivity contribution in [2.45, 2.75) is 19.5 Å². The molecule has 2 N–H and O–H groups in total. The van der Waals surface area contributed by atoms with Crippen LogP contribution in [-0.4, -0.2) is 24.1 Å². The van der Waals surface area contributed by atoms with Crippen molar-refractivity contribution in [3.8, 4) is 0 Å². The number of nitrogens with two attached hydrogens (primary N) is 1. The lowest BCUT2D eigenvalue weighted by atomic mass is 10.1. The molecule has 0 bridgehead atoms. The average molecular weight is 220 g/mol. The summed E-state index contributed by atoms with van der Waals surface area (Å²) < 4.78 is 4.92. The molecule has 0 radical (unpaired) electrons. The Bertz CT molecular complexity index is 375. The molecule has 1 aliphatic rings. The minimum Gasteiger partial charge on any atom is -0.448 e. The molecular weight excluding hydrogens is 204 g/mol. The maximum absolute atomic E-state index is 11.4. The smallest absolute Gasteiger partial charge is 0.410 e. The Hall–Kier alpha value is -1.55. The molecule has 1 atom stereocenters. The zero-order chi connectivity index (χ0) is 11.5. The molecule has 16 heavy (non-hydrogen) atoms. The van der Waals surface area contributed by atoms with Gasteiger partial charge in [0.15, 0.2) is 0 Å². The molecule has 1 unspecified atom stereocenters. The predicted molar refractivity (Wildman–Crippen MR) is 60.8 cm³/mol. The topological polar surface area (TPSA) is 55.6 Å². The van der Waals surface area contributed by atoms with E-state index in [9.17, 15) is 4.79 Å². The molecule has 4 nitrogen and oxygen atoms in total. The second kappa shape index (κ2) is 4.53. The molecule has 86 valence electrons. The number of rotatable bonds is 3. The van der Waals surface area contributed by atoms with Crippen molar-refractivity contribution in [3.05, 3.63) is 35.4 Å². The number of ether oxygens (including phenoxy) is 1. The molecule has 1 heterocycles. The molecule has 1 aromatic carbocycles. The summed E-state index contributed by atoms with van der Waals surface area (Å²) in [6.45, 7) is 3.70. The Kier molecular flexibility index (Phi) is 3.10. The Labute approximate surface area is 95.0 Å². The van der Waals surface area contributed by atoms with Crippen LogP contribution in [0.25, 0.3) is 0 Å². The molecule has 1 aromatic rings. The monoisotopic (exact) mass is 220 g/mol. The summed E-state index contributed by atoms with van der Waals surface area (Å²) in [5.41, 5.74) is 7.74. The standard InChI is InChI=1S/C12H16N2O2/c1-9(14-6-7-16-12(14)15)11-4-2-10(8-13)3-5-11/h2-5,9H,6-8,13H2,1H3. The lowest BCUT2D eigenvalue weighted by molar-refractivity contribution is 0.150. The summed E-state index contributed by atoms with van der Waals surface area (Å²) in [6, 6.07) is 8.07. The number of hydrogen-bond acceptors (Lipinski definition) is 3. The Morgan fingerprint density at radius 1 is 1.44 bits per heavy atom. The molecule has 0 spiro atoms. The number of nitrogens with zero attached hydrogens (tertiary/aromatic N) is 1. The van der Waals surface area contributed by atoms with E-state index in [1.54, 1.807) is 4.90 Å². The van der Waals surface area contributed by atoms with Gasteiger partial charge in [-0.05, 0) is 18.1 Å². The van der Waals surface area contributed by atoms with E-state index in [1.807, 2.05) is 31.2 Å². The third kappa shape index (κ3) is 2.02. The average Bonchev–Trinajstić information content (AvgIpc) is 2.75. The van der Waals surface area contributed by atoms with Gasteiger partial charge in [0.1, 0.15) is 6.61 Å². The van der Waals surface area contributed by atoms with Gasteiger partial charge in [-0.1, -0.05) is 24.3 Å². The summed E-state index contributed by atoms with van der Waals surface area (Å²) in [7, 11) is 0. The largest absolute Gasteiger partial charge is 0.448 e. The third-order valence-electron chi connectivity index (χ3n) is 2.96. The number of benzene rings is 1. The van der Waals surface area contributed by atoms with Crippen LogP contribution in [0, 0.1) is 0 Å². The molecule has 0 aliphatic carbocycles. The van der Waals surface area contributed by atoms with Crippen LogP contribution in [0.4, 0.5) is 4.79 Å². The highest BCUT2D eigenvalue weighted by molar-refractivity contribution is 5.70. The zero-order valence-corrected chi connectivity index (χ0v) is 9.35. The fourth-order valence-corrected chi connectivity index (χ4v) is 1.87. The van der Waals surface area contributed by atoms with Crippen molar-refractivity contribution in [3.63, 3.8) is 0 Å². The van der Waals surface area contributed by atoms with Crippen LogP contribution >= 0.6 is 0 Å². The second-order valence-electron chi connectivity index (χ2n) is 3.93. The van der Waals surface area contributed by atoms with Gasteiger partial charge >= 0.3 is 6.09 Å². The van der Waals surface area contributed by atoms with E-state index in [4.69, 9.17) is 10.5 Å². The van der Waals surface area contributed by atoms with Gasteiger partial charge in [0.05, 0.1) is 12.6 Å². The summed E-state index contributed by atoms with van der Waals surface area (Å²) in [5.74, 6) is 0. The predicted octanol–water partition coefficient (Wildman–Crippen LogP) is 1.66. The van der Waals surface area contributed by atoms with Gasteiger partial charge in [-0.3, -0.25) is 4.90 Å². The van der Waals surface area contributed by atoms with E-state index in [2.05, 4.69) is 0 Å². The summed E-state index contributed by atoms with van der Waals surface area (Å²) >= 11 is 0. The van der Waals surface area contributed by atoms with Crippen molar-refractivity contribution in [1.82, 2.24) is 4.90 Å². The maximum atomic E-state index is 11.4. The lowest BCUT2D eigenvalue weighted by Gasteiger charge is -2.22. The van der Waals surface area contributed by atoms with Crippen LogP contribution in [0.15, 0.2) is 24.3 Å². The first kappa shape index (κ1) is 11.0. The van der Waals surface area contributed by atoms with Gasteiger partial charge in [0.2, 0.25) is 0 Å². The number of carbonyl (C=O) groups excluding carboxylic acids is 1. The second-order valence-corrected chi connectivity index (χ2v) is 3.93. The van der Waals surface area contributed by atoms with Crippen molar-refractivity contribution < 1.29 is 9.53 Å². The summed E-state index contributed by atoms with van der Waals surface area (Å²) in [5, 5.41) is 0. The molecular formula is C12H16N2O2. The molecule has 0 saturated carbocycles. The van der Waals surface area contributed by atoms with Crippen molar-refractivity contribution in [2.75, 3.05) is 13.2 Å². The molecule has 4 heteroatoms. The number of cyclic esters (lactones) is 1. The third-order valence-corrected chi connectivity index (χ3v) is 2.96. The molecule has 1 aliphatic heterocycles. The van der Waals surface area contributed by atoms with Gasteiger partial charge in [-0.25, -0.2) is 4.79 Å². The molecule has 1 fully saturated rings. The fraction of sp³-hybridized carbons (Fsp3) is 0.417. The Morgan fingerprint density at radius 3 is 2.62 bits per heavy atom. The van der Waals surface area contributed by atoms with Gasteiger partial charge < -0.3 is 10.5 Å². The van der Waals surface area contributed by atoms with E-state index in [-0.39, 0.29) is 12.1 Å². The van der Waals surface area contributed by atoms with E-state index < -0.39 is 0 Å². The molecule has 0 aromatic heterocycles. The fourth-order valence-electron chi connectivity index (χ4n) is 1.87. The maximum Gasteiger partial charge on any atom is 0.410 e. The minimum absolute atomic E-state index is 0.0572. The lowest BCUT2D eigenvalue weighted by Crippen LogP contribution is -2.27. The first-order chi connectivity index (χ1) is 7.72. The van der Waals surface area contributed by atoms with Gasteiger partial charge in [0, 0.05) is 6.54 Å². The quantitative estimate of drug-likeness (QED) is 0.842. The molecule has 2 rings (SSSR count). The SMILES string of the molecule is CC(c1ccc(CN)cc1)N1CCOC1=O. The summed E-state index contributed by atoms with van der Waals surface area (Å²) in [4.78, 5) is 13.1.